The Morgan fingerprint density at radius 3 is 2.51 bits per heavy atom. The third kappa shape index (κ3) is 4.95. The van der Waals surface area contributed by atoms with Gasteiger partial charge in [0.05, 0.1) is 18.4 Å². The summed E-state index contributed by atoms with van der Waals surface area (Å²) in [6.45, 7) is 6.39. The monoisotopic (exact) mass is 508 g/mol. The van der Waals surface area contributed by atoms with Gasteiger partial charge in [-0.05, 0) is 57.1 Å². The number of hydrogen-bond donors (Lipinski definition) is 1. The topological polar surface area (TPSA) is 90.5 Å². The van der Waals surface area contributed by atoms with Gasteiger partial charge in [-0.25, -0.2) is 4.98 Å². The summed E-state index contributed by atoms with van der Waals surface area (Å²) in [4.78, 5) is 39.2. The van der Waals surface area contributed by atoms with Crippen LogP contribution in [-0.4, -0.2) is 99.3 Å². The van der Waals surface area contributed by atoms with E-state index in [9.17, 15) is 9.59 Å². The van der Waals surface area contributed by atoms with Crippen LogP contribution in [0, 0.1) is 0 Å². The number of carbonyl (C=O) groups is 2. The highest BCUT2D eigenvalue weighted by Gasteiger charge is 2.39. The van der Waals surface area contributed by atoms with Gasteiger partial charge in [0.1, 0.15) is 17.6 Å². The van der Waals surface area contributed by atoms with Gasteiger partial charge in [-0.3, -0.25) is 9.59 Å². The number of pyridine rings is 1. The molecule has 2 fully saturated rings. The fraction of sp³-hybridized carbons (Fsp3) is 0.519. The van der Waals surface area contributed by atoms with Crippen LogP contribution in [-0.2, 0) is 9.53 Å². The molecule has 1 aromatic heterocycles. The van der Waals surface area contributed by atoms with Gasteiger partial charge in [0.15, 0.2) is 5.82 Å². The molecule has 0 radical (unpaired) electrons. The molecule has 5 rings (SSSR count). The Labute approximate surface area is 218 Å². The predicted molar refractivity (Wildman–Crippen MR) is 143 cm³/mol. The third-order valence-corrected chi connectivity index (χ3v) is 7.64. The normalized spacial score (nSPS) is 21.1. The molecule has 2 aromatic rings. The number of rotatable bonds is 5. The van der Waals surface area contributed by atoms with Gasteiger partial charge in [-0.1, -0.05) is 0 Å². The van der Waals surface area contributed by atoms with E-state index in [1.54, 1.807) is 19.1 Å². The van der Waals surface area contributed by atoms with E-state index in [-0.39, 0.29) is 23.9 Å². The van der Waals surface area contributed by atoms with Crippen molar-refractivity contribution >= 4 is 34.8 Å². The molecule has 3 aliphatic rings. The highest BCUT2D eigenvalue weighted by molar-refractivity contribution is 6.04. The molecule has 0 bridgehead atoms. The number of carbonyl (C=O) groups excluding carboxylic acids is 2. The molecule has 1 aromatic carbocycles. The largest absolute Gasteiger partial charge is 0.496 e. The van der Waals surface area contributed by atoms with E-state index in [0.717, 1.165) is 43.1 Å². The molecule has 37 heavy (non-hydrogen) atoms. The van der Waals surface area contributed by atoms with Crippen molar-refractivity contribution in [3.05, 3.63) is 35.9 Å². The summed E-state index contributed by atoms with van der Waals surface area (Å²) in [6, 6.07) is 9.21. The van der Waals surface area contributed by atoms with E-state index < -0.39 is 0 Å². The molecule has 1 atom stereocenters. The lowest BCUT2D eigenvalue weighted by Crippen LogP contribution is -2.56. The second kappa shape index (κ2) is 10.5. The zero-order valence-electron chi connectivity index (χ0n) is 22.1. The zero-order chi connectivity index (χ0) is 26.1. The van der Waals surface area contributed by atoms with Crippen LogP contribution in [0.4, 0.5) is 23.0 Å². The van der Waals surface area contributed by atoms with Gasteiger partial charge >= 0.3 is 0 Å². The molecular formula is C27H36N6O4. The average Bonchev–Trinajstić information content (AvgIpc) is 2.92. The van der Waals surface area contributed by atoms with Crippen molar-refractivity contribution in [1.29, 1.82) is 0 Å². The summed E-state index contributed by atoms with van der Waals surface area (Å²) in [5.41, 5.74) is 2.07. The lowest BCUT2D eigenvalue weighted by molar-refractivity contribution is -0.119. The van der Waals surface area contributed by atoms with Gasteiger partial charge < -0.3 is 34.4 Å². The number of amides is 2. The van der Waals surface area contributed by atoms with Crippen LogP contribution in [0.5, 0.6) is 5.75 Å². The van der Waals surface area contributed by atoms with E-state index in [4.69, 9.17) is 14.5 Å². The number of piperazine rings is 1. The van der Waals surface area contributed by atoms with Crippen LogP contribution >= 0.6 is 0 Å². The van der Waals surface area contributed by atoms with Crippen molar-refractivity contribution in [3.63, 3.8) is 0 Å². The van der Waals surface area contributed by atoms with Crippen molar-refractivity contribution in [2.24, 2.45) is 0 Å². The molecule has 10 heteroatoms. The molecule has 0 saturated carbocycles. The van der Waals surface area contributed by atoms with Gasteiger partial charge in [-0.15, -0.1) is 0 Å². The van der Waals surface area contributed by atoms with E-state index in [1.807, 2.05) is 42.2 Å². The predicted octanol–water partition coefficient (Wildman–Crippen LogP) is 2.57. The van der Waals surface area contributed by atoms with E-state index in [0.29, 0.717) is 43.4 Å². The summed E-state index contributed by atoms with van der Waals surface area (Å²) in [5.74, 6) is 2.01. The molecule has 4 heterocycles. The number of aromatic nitrogens is 1. The van der Waals surface area contributed by atoms with Crippen molar-refractivity contribution in [3.8, 4) is 5.75 Å². The highest BCUT2D eigenvalue weighted by atomic mass is 16.5. The molecule has 198 valence electrons. The minimum atomic E-state index is -0.308. The Morgan fingerprint density at radius 2 is 1.81 bits per heavy atom. The van der Waals surface area contributed by atoms with Crippen molar-refractivity contribution in [2.75, 3.05) is 75.7 Å². The van der Waals surface area contributed by atoms with Gasteiger partial charge in [0.25, 0.3) is 5.91 Å². The number of anilines is 4. The molecule has 3 aliphatic heterocycles. The molecule has 0 unspecified atom stereocenters. The SMILES string of the molecule is COc1ccc(Nc2ccc3c(n2)N(C2CCOCC2)[C@H](C)C(=O)N3C)cc1C(=O)N1CCN(C)CC1. The maximum atomic E-state index is 13.3. The van der Waals surface area contributed by atoms with Crippen LogP contribution in [0.25, 0.3) is 0 Å². The van der Waals surface area contributed by atoms with Crippen LogP contribution in [0.1, 0.15) is 30.1 Å². The number of hydrogen-bond acceptors (Lipinski definition) is 8. The van der Waals surface area contributed by atoms with Crippen LogP contribution < -0.4 is 19.9 Å². The van der Waals surface area contributed by atoms with Gasteiger partial charge in [0, 0.05) is 58.2 Å². The number of methoxy groups -OCH3 is 1. The van der Waals surface area contributed by atoms with Gasteiger partial charge in [0.2, 0.25) is 5.91 Å². The van der Waals surface area contributed by atoms with Crippen LogP contribution in [0.15, 0.2) is 30.3 Å². The maximum absolute atomic E-state index is 13.3. The van der Waals surface area contributed by atoms with E-state index in [2.05, 4.69) is 22.2 Å². The van der Waals surface area contributed by atoms with Crippen LogP contribution in [0.3, 0.4) is 0 Å². The van der Waals surface area contributed by atoms with Crippen LogP contribution in [0.2, 0.25) is 0 Å². The number of nitrogens with zero attached hydrogens (tertiary/aromatic N) is 5. The smallest absolute Gasteiger partial charge is 0.257 e. The molecule has 0 aliphatic carbocycles. The second-order valence-corrected chi connectivity index (χ2v) is 10.00. The number of benzene rings is 1. The summed E-state index contributed by atoms with van der Waals surface area (Å²) < 4.78 is 11.1. The Hall–Kier alpha value is -3.37. The number of nitrogens with one attached hydrogen (secondary N) is 1. The first kappa shape index (κ1) is 25.3. The fourth-order valence-corrected chi connectivity index (χ4v) is 5.40. The molecule has 0 spiro atoms. The van der Waals surface area contributed by atoms with Crippen molar-refractivity contribution in [2.45, 2.75) is 31.8 Å². The second-order valence-electron chi connectivity index (χ2n) is 10.00. The maximum Gasteiger partial charge on any atom is 0.257 e. The number of likely N-dealkylation sites (N-methyl/N-ethyl adjacent to an activating group) is 2. The van der Waals surface area contributed by atoms with Crippen molar-refractivity contribution < 1.29 is 19.1 Å². The average molecular weight is 509 g/mol. The molecule has 10 nitrogen and oxygen atoms in total. The van der Waals surface area contributed by atoms with E-state index >= 15 is 0 Å². The number of ether oxygens (including phenoxy) is 2. The first-order valence-electron chi connectivity index (χ1n) is 12.9. The molecular weight excluding hydrogens is 472 g/mol. The summed E-state index contributed by atoms with van der Waals surface area (Å²) >= 11 is 0. The fourth-order valence-electron chi connectivity index (χ4n) is 5.40. The summed E-state index contributed by atoms with van der Waals surface area (Å²) in [5, 5.41) is 3.37. The lowest BCUT2D eigenvalue weighted by Gasteiger charge is -2.44. The minimum Gasteiger partial charge on any atom is -0.496 e. The highest BCUT2D eigenvalue weighted by Crippen LogP contribution is 2.38. The molecule has 2 saturated heterocycles. The Balaban J connectivity index is 1.43. The Morgan fingerprint density at radius 1 is 1.08 bits per heavy atom. The number of fused-ring (bicyclic) bond motifs is 1. The minimum absolute atomic E-state index is 0.0355. The van der Waals surface area contributed by atoms with E-state index in [1.165, 1.54) is 0 Å². The van der Waals surface area contributed by atoms with Crippen molar-refractivity contribution in [1.82, 2.24) is 14.8 Å². The quantitative estimate of drug-likeness (QED) is 0.659. The first-order valence-corrected chi connectivity index (χ1v) is 12.9. The molecule has 2 amide bonds. The third-order valence-electron chi connectivity index (χ3n) is 7.64. The Kier molecular flexibility index (Phi) is 7.21. The standard InChI is InChI=1S/C27H36N6O4/c1-18-26(34)31(3)22-6-8-24(29-25(22)33(18)20-9-15-37-16-10-20)28-19-5-7-23(36-4)21(17-19)27(35)32-13-11-30(2)12-14-32/h5-8,17-18,20H,9-16H2,1-4H3,(H,28,29)/t18-/m1/s1. The lowest BCUT2D eigenvalue weighted by atomic mass is 10.0. The summed E-state index contributed by atoms with van der Waals surface area (Å²) in [6.07, 6.45) is 1.71. The Bertz CT molecular complexity index is 1160. The van der Waals surface area contributed by atoms with Gasteiger partial charge in [-0.2, -0.15) is 0 Å². The zero-order valence-corrected chi connectivity index (χ0v) is 22.1. The first-order chi connectivity index (χ1) is 17.9. The molecule has 1 N–H and O–H groups in total. The summed E-state index contributed by atoms with van der Waals surface area (Å²) in [7, 11) is 5.45.